The highest BCUT2D eigenvalue weighted by atomic mass is 15.0. The minimum atomic E-state index is 0.707. The lowest BCUT2D eigenvalue weighted by Crippen LogP contribution is -2.01. The Morgan fingerprint density at radius 2 is 0.674 bits per heavy atom. The van der Waals surface area contributed by atoms with Crippen LogP contribution in [0.3, 0.4) is 0 Å². The maximum Gasteiger partial charge on any atom is 0.243 e. The molecule has 1 heterocycles. The molecule has 0 aliphatic carbocycles. The summed E-state index contributed by atoms with van der Waals surface area (Å²) >= 11 is 0. The van der Waals surface area contributed by atoms with E-state index < -0.39 is 0 Å². The number of benzene rings is 1. The van der Waals surface area contributed by atoms with Crippen molar-refractivity contribution < 1.29 is 0 Å². The lowest BCUT2D eigenvalue weighted by Gasteiger charge is -2.17. The number of aliphatic imine (C=N–C) groups is 2. The molecular weight excluding hydrogens is 556 g/mol. The van der Waals surface area contributed by atoms with Crippen LogP contribution in [-0.2, 0) is 0 Å². The number of hydrogen-bond donors (Lipinski definition) is 0. The first-order valence-electron chi connectivity index (χ1n) is 20.9. The Labute approximate surface area is 288 Å². The highest BCUT2D eigenvalue weighted by Gasteiger charge is 2.19. The van der Waals surface area contributed by atoms with Gasteiger partial charge in [0.15, 0.2) is 0 Å². The van der Waals surface area contributed by atoms with Crippen molar-refractivity contribution in [2.75, 3.05) is 0 Å². The number of nitrogens with zero attached hydrogens (tertiary/aromatic N) is 2. The van der Waals surface area contributed by atoms with E-state index in [-0.39, 0.29) is 0 Å². The fourth-order valence-corrected chi connectivity index (χ4v) is 7.30. The standard InChI is InChI=1S/C44H77N2/c1-3-5-7-9-11-13-15-17-19-20-22-24-26-28-30-32-34-41(42-35-37-43(38-36-42)44-45-39-40-46-44)33-31-29-27-25-23-21-18-16-14-12-10-8-6-4-2/h35-41H,3-34H2,1-2H3/q+1. The molecule has 0 saturated carbocycles. The van der Waals surface area contributed by atoms with Gasteiger partial charge in [-0.05, 0) is 36.5 Å². The second-order valence-corrected chi connectivity index (χ2v) is 14.7. The van der Waals surface area contributed by atoms with E-state index in [9.17, 15) is 0 Å². The number of hydrogen-bond acceptors (Lipinski definition) is 2. The molecule has 1 unspecified atom stereocenters. The fourth-order valence-electron chi connectivity index (χ4n) is 7.30. The van der Waals surface area contributed by atoms with Gasteiger partial charge in [-0.1, -0.05) is 206 Å². The maximum absolute atomic E-state index is 4.39. The van der Waals surface area contributed by atoms with E-state index >= 15 is 0 Å². The zero-order valence-electron chi connectivity index (χ0n) is 31.1. The summed E-state index contributed by atoms with van der Waals surface area (Å²) in [7, 11) is 0. The molecule has 0 fully saturated rings. The van der Waals surface area contributed by atoms with Crippen molar-refractivity contribution in [3.05, 3.63) is 41.6 Å². The molecule has 262 valence electrons. The Morgan fingerprint density at radius 3 is 0.978 bits per heavy atom. The minimum absolute atomic E-state index is 0.707. The van der Waals surface area contributed by atoms with Crippen LogP contribution in [0.15, 0.2) is 34.3 Å². The van der Waals surface area contributed by atoms with Gasteiger partial charge in [0, 0.05) is 12.1 Å². The van der Waals surface area contributed by atoms with E-state index in [0.717, 1.165) is 11.7 Å². The molecule has 0 saturated heterocycles. The van der Waals surface area contributed by atoms with Crippen molar-refractivity contribution in [2.24, 2.45) is 9.98 Å². The van der Waals surface area contributed by atoms with E-state index in [1.54, 1.807) is 12.4 Å². The molecule has 0 aromatic heterocycles. The molecule has 0 radical (unpaired) electrons. The average molecular weight is 634 g/mol. The molecule has 1 aliphatic heterocycles. The molecule has 1 aromatic rings. The Balaban J connectivity index is 1.54. The van der Waals surface area contributed by atoms with Gasteiger partial charge in [-0.3, -0.25) is 0 Å². The molecule has 0 N–H and O–H groups in total. The van der Waals surface area contributed by atoms with Crippen LogP contribution in [0, 0.1) is 6.17 Å². The van der Waals surface area contributed by atoms with Gasteiger partial charge in [-0.2, -0.15) is 0 Å². The smallest absolute Gasteiger partial charge is 0.147 e. The van der Waals surface area contributed by atoms with Crippen molar-refractivity contribution in [3.8, 4) is 0 Å². The van der Waals surface area contributed by atoms with Crippen LogP contribution >= 0.6 is 0 Å². The monoisotopic (exact) mass is 634 g/mol. The van der Waals surface area contributed by atoms with E-state index in [1.807, 2.05) is 0 Å². The predicted molar refractivity (Wildman–Crippen MR) is 208 cm³/mol. The topological polar surface area (TPSA) is 24.7 Å². The Kier molecular flexibility index (Phi) is 27.1. The lowest BCUT2D eigenvalue weighted by molar-refractivity contribution is 0.479. The van der Waals surface area contributed by atoms with Gasteiger partial charge in [-0.15, -0.1) is 9.98 Å². The van der Waals surface area contributed by atoms with E-state index in [4.69, 9.17) is 0 Å². The third-order valence-electron chi connectivity index (χ3n) is 10.4. The van der Waals surface area contributed by atoms with Crippen molar-refractivity contribution in [2.45, 2.75) is 225 Å². The van der Waals surface area contributed by atoms with E-state index in [0.29, 0.717) is 5.92 Å². The van der Waals surface area contributed by atoms with Crippen LogP contribution in [0.25, 0.3) is 0 Å². The SMILES string of the molecule is CCCCCCCCCCCCCCCCCCC(CCCCCCCCCCCCCCCC)c1ccc([C+]2N=CC=N2)cc1. The average Bonchev–Trinajstić information content (AvgIpc) is 3.63. The third-order valence-corrected chi connectivity index (χ3v) is 10.4. The molecule has 0 amide bonds. The number of rotatable bonds is 34. The Bertz CT molecular complexity index is 813. The summed E-state index contributed by atoms with van der Waals surface area (Å²) in [6.45, 7) is 4.61. The molecule has 1 aromatic carbocycles. The molecule has 1 atom stereocenters. The first-order chi connectivity index (χ1) is 22.8. The quantitative estimate of drug-likeness (QED) is 0.0533. The summed E-state index contributed by atoms with van der Waals surface area (Å²) in [5, 5.41) is 0. The Morgan fingerprint density at radius 1 is 0.391 bits per heavy atom. The third kappa shape index (κ3) is 22.1. The second kappa shape index (κ2) is 30.7. The van der Waals surface area contributed by atoms with Crippen LogP contribution in [0.2, 0.25) is 0 Å². The summed E-state index contributed by atoms with van der Waals surface area (Å²) < 4.78 is 0. The van der Waals surface area contributed by atoms with Crippen molar-refractivity contribution in [3.63, 3.8) is 0 Å². The van der Waals surface area contributed by atoms with Crippen LogP contribution in [0.1, 0.15) is 236 Å². The van der Waals surface area contributed by atoms with Gasteiger partial charge in [0.2, 0.25) is 6.17 Å². The first kappa shape index (κ1) is 40.6. The van der Waals surface area contributed by atoms with Crippen LogP contribution < -0.4 is 0 Å². The lowest BCUT2D eigenvalue weighted by atomic mass is 9.87. The number of unbranched alkanes of at least 4 members (excludes halogenated alkanes) is 28. The van der Waals surface area contributed by atoms with Crippen molar-refractivity contribution in [1.82, 2.24) is 0 Å². The van der Waals surface area contributed by atoms with Gasteiger partial charge < -0.3 is 0 Å². The largest absolute Gasteiger partial charge is 0.243 e. The summed E-state index contributed by atoms with van der Waals surface area (Å²) in [6.07, 6.45) is 50.3. The van der Waals surface area contributed by atoms with Crippen LogP contribution in [0.4, 0.5) is 0 Å². The maximum atomic E-state index is 4.39. The van der Waals surface area contributed by atoms with Gasteiger partial charge in [-0.25, -0.2) is 0 Å². The fraction of sp³-hybridized carbons (Fsp3) is 0.795. The van der Waals surface area contributed by atoms with Crippen LogP contribution in [0.5, 0.6) is 0 Å². The van der Waals surface area contributed by atoms with Gasteiger partial charge in [0.05, 0.1) is 0 Å². The van der Waals surface area contributed by atoms with Gasteiger partial charge in [0.25, 0.3) is 0 Å². The highest BCUT2D eigenvalue weighted by molar-refractivity contribution is 6.18. The molecule has 2 rings (SSSR count). The zero-order chi connectivity index (χ0) is 32.6. The van der Waals surface area contributed by atoms with Crippen LogP contribution in [-0.4, -0.2) is 12.4 Å². The summed E-state index contributed by atoms with van der Waals surface area (Å²) in [5.41, 5.74) is 2.68. The molecule has 0 spiro atoms. The first-order valence-corrected chi connectivity index (χ1v) is 20.9. The van der Waals surface area contributed by atoms with E-state index in [1.165, 1.54) is 211 Å². The summed E-state index contributed by atoms with van der Waals surface area (Å²) in [6, 6.07) is 9.23. The summed E-state index contributed by atoms with van der Waals surface area (Å²) in [5.74, 6) is 0.707. The van der Waals surface area contributed by atoms with Crippen molar-refractivity contribution >= 4 is 12.4 Å². The van der Waals surface area contributed by atoms with Gasteiger partial charge in [0.1, 0.15) is 18.0 Å². The molecule has 1 aliphatic rings. The van der Waals surface area contributed by atoms with E-state index in [2.05, 4.69) is 48.1 Å². The molecule has 46 heavy (non-hydrogen) atoms. The minimum Gasteiger partial charge on any atom is -0.147 e. The summed E-state index contributed by atoms with van der Waals surface area (Å²) in [4.78, 5) is 8.79. The predicted octanol–water partition coefficient (Wildman–Crippen LogP) is 15.3. The Hall–Kier alpha value is -1.57. The molecule has 2 heteroatoms. The highest BCUT2D eigenvalue weighted by Crippen LogP contribution is 2.31. The molecule has 0 bridgehead atoms. The van der Waals surface area contributed by atoms with Gasteiger partial charge >= 0.3 is 0 Å². The molecule has 2 nitrogen and oxygen atoms in total. The molecular formula is C44H77N2+. The second-order valence-electron chi connectivity index (χ2n) is 14.7. The normalized spacial score (nSPS) is 13.3. The van der Waals surface area contributed by atoms with Crippen molar-refractivity contribution in [1.29, 1.82) is 0 Å². The zero-order valence-corrected chi connectivity index (χ0v) is 31.1.